The summed E-state index contributed by atoms with van der Waals surface area (Å²) in [5.74, 6) is 0.355. The van der Waals surface area contributed by atoms with Crippen LogP contribution in [0, 0.1) is 6.92 Å². The van der Waals surface area contributed by atoms with E-state index in [1.165, 1.54) is 43.5 Å². The Morgan fingerprint density at radius 2 is 1.71 bits per heavy atom. The maximum Gasteiger partial charge on any atom is 0.291 e. The number of aryl methyl sites for hydroxylation is 1. The molecule has 0 unspecified atom stereocenters. The molecule has 1 aromatic heterocycles. The molecular weight excluding hydrogens is 404 g/mol. The molecule has 1 amide bonds. The van der Waals surface area contributed by atoms with E-state index in [0.29, 0.717) is 16.5 Å². The van der Waals surface area contributed by atoms with Crippen LogP contribution in [0.4, 0.5) is 11.4 Å². The molecule has 0 aliphatic heterocycles. The monoisotopic (exact) mass is 420 g/mol. The molecule has 0 bridgehead atoms. The molecule has 28 heavy (non-hydrogen) atoms. The minimum absolute atomic E-state index is 0.122. The zero-order chi connectivity index (χ0) is 20.3. The lowest BCUT2D eigenvalue weighted by molar-refractivity contribution is 0.0995. The number of hydrogen-bond acceptors (Lipinski definition) is 5. The molecule has 0 fully saturated rings. The number of rotatable bonds is 6. The molecule has 2 N–H and O–H groups in total. The number of nitrogens with one attached hydrogen (secondary N) is 2. The molecule has 0 radical (unpaired) electrons. The van der Waals surface area contributed by atoms with Gasteiger partial charge in [0.05, 0.1) is 7.11 Å². The second-order valence-electron chi connectivity index (χ2n) is 5.84. The van der Waals surface area contributed by atoms with Gasteiger partial charge < -0.3 is 14.5 Å². The Hall–Kier alpha value is -2.97. The number of furan rings is 1. The maximum absolute atomic E-state index is 12.8. The Kier molecular flexibility index (Phi) is 5.62. The Morgan fingerprint density at radius 3 is 2.32 bits per heavy atom. The Labute approximate surface area is 167 Å². The molecule has 2 aromatic carbocycles. The molecule has 1 heterocycles. The first kappa shape index (κ1) is 19.8. The minimum atomic E-state index is -3.98. The van der Waals surface area contributed by atoms with Gasteiger partial charge in [-0.15, -0.1) is 0 Å². The number of benzene rings is 2. The topological polar surface area (TPSA) is 97.6 Å². The molecule has 9 heteroatoms. The molecule has 3 aromatic rings. The summed E-state index contributed by atoms with van der Waals surface area (Å²) >= 11 is 5.82. The first-order valence-electron chi connectivity index (χ1n) is 8.13. The van der Waals surface area contributed by atoms with Crippen molar-refractivity contribution in [1.82, 2.24) is 0 Å². The number of methoxy groups -OCH3 is 1. The van der Waals surface area contributed by atoms with Crippen LogP contribution in [0.5, 0.6) is 5.75 Å². The highest BCUT2D eigenvalue weighted by Crippen LogP contribution is 2.29. The van der Waals surface area contributed by atoms with E-state index in [9.17, 15) is 13.2 Å². The van der Waals surface area contributed by atoms with Crippen molar-refractivity contribution in [2.75, 3.05) is 17.1 Å². The fraction of sp³-hybridized carbons (Fsp3) is 0.105. The van der Waals surface area contributed by atoms with Crippen molar-refractivity contribution >= 4 is 38.9 Å². The SMILES string of the molecule is COc1ccc(NC(=O)c2ccc(C)o2)cc1S(=O)(=O)Nc1ccc(Cl)cc1. The molecular formula is C19H17ClN2O5S. The summed E-state index contributed by atoms with van der Waals surface area (Å²) in [6.07, 6.45) is 0. The van der Waals surface area contributed by atoms with E-state index in [-0.39, 0.29) is 22.1 Å². The van der Waals surface area contributed by atoms with Gasteiger partial charge in [0.15, 0.2) is 5.76 Å². The second kappa shape index (κ2) is 7.95. The summed E-state index contributed by atoms with van der Waals surface area (Å²) in [7, 11) is -2.62. The van der Waals surface area contributed by atoms with Crippen molar-refractivity contribution < 1.29 is 22.4 Å². The normalized spacial score (nSPS) is 11.1. The number of amides is 1. The standard InChI is InChI=1S/C19H17ClN2O5S/c1-12-3-9-17(27-12)19(23)21-15-8-10-16(26-2)18(11-15)28(24,25)22-14-6-4-13(20)5-7-14/h3-11,22H,1-2H3,(H,21,23). The fourth-order valence-corrected chi connectivity index (χ4v) is 3.82. The van der Waals surface area contributed by atoms with Crippen LogP contribution in [-0.2, 0) is 10.0 Å². The van der Waals surface area contributed by atoms with Crippen molar-refractivity contribution in [1.29, 1.82) is 0 Å². The number of sulfonamides is 1. The smallest absolute Gasteiger partial charge is 0.291 e. The first-order valence-corrected chi connectivity index (χ1v) is 9.99. The predicted molar refractivity (Wildman–Crippen MR) is 107 cm³/mol. The number of hydrogen-bond donors (Lipinski definition) is 2. The van der Waals surface area contributed by atoms with Gasteiger partial charge in [-0.3, -0.25) is 9.52 Å². The highest BCUT2D eigenvalue weighted by atomic mass is 35.5. The quantitative estimate of drug-likeness (QED) is 0.619. The third-order valence-corrected chi connectivity index (χ3v) is 5.43. The number of carbonyl (C=O) groups excluding carboxylic acids is 1. The van der Waals surface area contributed by atoms with Crippen molar-refractivity contribution in [3.8, 4) is 5.75 Å². The lowest BCUT2D eigenvalue weighted by Gasteiger charge is -2.13. The number of ether oxygens (including phenoxy) is 1. The summed E-state index contributed by atoms with van der Waals surface area (Å²) in [5, 5.41) is 3.09. The maximum atomic E-state index is 12.8. The molecule has 0 saturated heterocycles. The average molecular weight is 421 g/mol. The molecule has 0 saturated carbocycles. The lowest BCUT2D eigenvalue weighted by atomic mass is 10.3. The minimum Gasteiger partial charge on any atom is -0.495 e. The van der Waals surface area contributed by atoms with Crippen LogP contribution in [-0.4, -0.2) is 21.4 Å². The van der Waals surface area contributed by atoms with Crippen LogP contribution in [0.3, 0.4) is 0 Å². The van der Waals surface area contributed by atoms with Crippen molar-refractivity contribution in [2.45, 2.75) is 11.8 Å². The second-order valence-corrected chi connectivity index (χ2v) is 7.93. The van der Waals surface area contributed by atoms with Gasteiger partial charge in [-0.25, -0.2) is 8.42 Å². The van der Waals surface area contributed by atoms with Crippen LogP contribution >= 0.6 is 11.6 Å². The summed E-state index contributed by atoms with van der Waals surface area (Å²) in [6.45, 7) is 1.72. The third-order valence-electron chi connectivity index (χ3n) is 3.77. The van der Waals surface area contributed by atoms with Gasteiger partial charge in [0.1, 0.15) is 16.4 Å². The van der Waals surface area contributed by atoms with Crippen molar-refractivity contribution in [2.24, 2.45) is 0 Å². The summed E-state index contributed by atoms with van der Waals surface area (Å²) in [5.41, 5.74) is 0.614. The van der Waals surface area contributed by atoms with E-state index in [1.54, 1.807) is 25.1 Å². The highest BCUT2D eigenvalue weighted by Gasteiger charge is 2.21. The van der Waals surface area contributed by atoms with Crippen LogP contribution in [0.25, 0.3) is 0 Å². The summed E-state index contributed by atoms with van der Waals surface area (Å²) in [6, 6.07) is 13.7. The molecule has 0 spiro atoms. The van der Waals surface area contributed by atoms with Gasteiger partial charge in [-0.1, -0.05) is 11.6 Å². The van der Waals surface area contributed by atoms with Gasteiger partial charge >= 0.3 is 0 Å². The largest absolute Gasteiger partial charge is 0.495 e. The summed E-state index contributed by atoms with van der Waals surface area (Å²) in [4.78, 5) is 12.1. The van der Waals surface area contributed by atoms with Crippen LogP contribution in [0.1, 0.15) is 16.3 Å². The molecule has 0 aliphatic rings. The van der Waals surface area contributed by atoms with E-state index in [0.717, 1.165) is 0 Å². The van der Waals surface area contributed by atoms with Crippen LogP contribution in [0.15, 0.2) is 63.9 Å². The van der Waals surface area contributed by atoms with Gasteiger partial charge in [0, 0.05) is 16.4 Å². The van der Waals surface area contributed by atoms with Crippen molar-refractivity contribution in [3.63, 3.8) is 0 Å². The Morgan fingerprint density at radius 1 is 1.04 bits per heavy atom. The van der Waals surface area contributed by atoms with Gasteiger partial charge in [0.25, 0.3) is 15.9 Å². The Balaban J connectivity index is 1.89. The van der Waals surface area contributed by atoms with Gasteiger partial charge in [0.2, 0.25) is 0 Å². The van der Waals surface area contributed by atoms with Crippen LogP contribution < -0.4 is 14.8 Å². The van der Waals surface area contributed by atoms with E-state index in [2.05, 4.69) is 10.0 Å². The first-order chi connectivity index (χ1) is 13.3. The van der Waals surface area contributed by atoms with Gasteiger partial charge in [-0.2, -0.15) is 0 Å². The predicted octanol–water partition coefficient (Wildman–Crippen LogP) is 4.30. The number of anilines is 2. The lowest BCUT2D eigenvalue weighted by Crippen LogP contribution is -2.16. The molecule has 7 nitrogen and oxygen atoms in total. The van der Waals surface area contributed by atoms with Crippen LogP contribution in [0.2, 0.25) is 5.02 Å². The average Bonchev–Trinajstić information content (AvgIpc) is 3.10. The highest BCUT2D eigenvalue weighted by molar-refractivity contribution is 7.92. The summed E-state index contributed by atoms with van der Waals surface area (Å²) < 4.78 is 38.5. The molecule has 0 aliphatic carbocycles. The third kappa shape index (κ3) is 4.47. The molecule has 0 atom stereocenters. The van der Waals surface area contributed by atoms with E-state index in [1.807, 2.05) is 0 Å². The number of carbonyl (C=O) groups is 1. The zero-order valence-electron chi connectivity index (χ0n) is 15.0. The number of halogens is 1. The van der Waals surface area contributed by atoms with E-state index >= 15 is 0 Å². The Bertz CT molecular complexity index is 1110. The van der Waals surface area contributed by atoms with Crippen molar-refractivity contribution in [3.05, 3.63) is 71.1 Å². The van der Waals surface area contributed by atoms with E-state index in [4.69, 9.17) is 20.8 Å². The van der Waals surface area contributed by atoms with E-state index < -0.39 is 15.9 Å². The zero-order valence-corrected chi connectivity index (χ0v) is 16.6. The fourth-order valence-electron chi connectivity index (χ4n) is 2.44. The van der Waals surface area contributed by atoms with Gasteiger partial charge in [-0.05, 0) is 61.5 Å². The molecule has 146 valence electrons. The molecule has 3 rings (SSSR count).